The molecule has 0 fully saturated rings. The lowest BCUT2D eigenvalue weighted by atomic mass is 10.2. The van der Waals surface area contributed by atoms with Crippen molar-refractivity contribution < 1.29 is 14.7 Å². The minimum absolute atomic E-state index is 0.0253. The van der Waals surface area contributed by atoms with Crippen molar-refractivity contribution in [3.05, 3.63) is 47.3 Å². The molecule has 1 aromatic carbocycles. The Morgan fingerprint density at radius 2 is 1.88 bits per heavy atom. The molecule has 0 saturated carbocycles. The summed E-state index contributed by atoms with van der Waals surface area (Å²) in [5, 5.41) is 18.5. The van der Waals surface area contributed by atoms with Crippen LogP contribution in [0.25, 0.3) is 0 Å². The fraction of sp³-hybridized carbons (Fsp3) is 0.353. The third-order valence-corrected chi connectivity index (χ3v) is 3.56. The van der Waals surface area contributed by atoms with Crippen LogP contribution < -0.4 is 10.6 Å². The highest BCUT2D eigenvalue weighted by atomic mass is 16.3. The van der Waals surface area contributed by atoms with Gasteiger partial charge in [-0.2, -0.15) is 5.10 Å². The van der Waals surface area contributed by atoms with E-state index < -0.39 is 17.9 Å². The first-order valence-corrected chi connectivity index (χ1v) is 7.73. The quantitative estimate of drug-likeness (QED) is 0.712. The van der Waals surface area contributed by atoms with Gasteiger partial charge >= 0.3 is 11.8 Å². The second-order valence-corrected chi connectivity index (χ2v) is 5.70. The van der Waals surface area contributed by atoms with Gasteiger partial charge in [-0.25, -0.2) is 0 Å². The molecule has 1 atom stereocenters. The number of aromatic nitrogens is 2. The van der Waals surface area contributed by atoms with Crippen LogP contribution in [0.2, 0.25) is 0 Å². The summed E-state index contributed by atoms with van der Waals surface area (Å²) in [5.74, 6) is -1.56. The van der Waals surface area contributed by atoms with E-state index >= 15 is 0 Å². The van der Waals surface area contributed by atoms with E-state index in [2.05, 4.69) is 15.7 Å². The van der Waals surface area contributed by atoms with E-state index in [0.29, 0.717) is 17.9 Å². The summed E-state index contributed by atoms with van der Waals surface area (Å²) in [6, 6.07) is 9.85. The van der Waals surface area contributed by atoms with Crippen molar-refractivity contribution in [3.63, 3.8) is 0 Å². The first kappa shape index (κ1) is 17.7. The Balaban J connectivity index is 2.08. The Labute approximate surface area is 140 Å². The molecule has 24 heavy (non-hydrogen) atoms. The summed E-state index contributed by atoms with van der Waals surface area (Å²) in [6.45, 7) is 5.75. The topological polar surface area (TPSA) is 96.2 Å². The van der Waals surface area contributed by atoms with E-state index in [1.165, 1.54) is 6.92 Å². The van der Waals surface area contributed by atoms with Crippen molar-refractivity contribution in [1.29, 1.82) is 0 Å². The average molecular weight is 330 g/mol. The SMILES string of the molecule is Cc1nn(Cc2ccccc2)c(C)c1NC(=O)C(=O)NC[C@H](C)O. The van der Waals surface area contributed by atoms with E-state index in [9.17, 15) is 9.59 Å². The van der Waals surface area contributed by atoms with Gasteiger partial charge in [-0.1, -0.05) is 30.3 Å². The maximum Gasteiger partial charge on any atom is 0.313 e. The standard InChI is InChI=1S/C17H22N4O3/c1-11(22)9-18-16(23)17(24)19-15-12(2)20-21(13(15)3)10-14-7-5-4-6-8-14/h4-8,11,22H,9-10H2,1-3H3,(H,18,23)(H,19,24)/t11-/m0/s1. The van der Waals surface area contributed by atoms with Crippen LogP contribution in [0.15, 0.2) is 30.3 Å². The van der Waals surface area contributed by atoms with Crippen molar-refractivity contribution >= 4 is 17.5 Å². The molecule has 0 bridgehead atoms. The number of amides is 2. The zero-order valence-electron chi connectivity index (χ0n) is 14.0. The molecule has 1 heterocycles. The van der Waals surface area contributed by atoms with Gasteiger partial charge in [0.1, 0.15) is 0 Å². The van der Waals surface area contributed by atoms with E-state index in [1.807, 2.05) is 37.3 Å². The van der Waals surface area contributed by atoms with Crippen molar-refractivity contribution in [3.8, 4) is 0 Å². The largest absolute Gasteiger partial charge is 0.392 e. The number of anilines is 1. The lowest BCUT2D eigenvalue weighted by Gasteiger charge is -2.09. The monoisotopic (exact) mass is 330 g/mol. The average Bonchev–Trinajstić information content (AvgIpc) is 2.81. The molecule has 128 valence electrons. The van der Waals surface area contributed by atoms with Crippen molar-refractivity contribution in [2.75, 3.05) is 11.9 Å². The Bertz CT molecular complexity index is 723. The number of aliphatic hydroxyl groups excluding tert-OH is 1. The smallest absolute Gasteiger partial charge is 0.313 e. The van der Waals surface area contributed by atoms with Crippen LogP contribution in [0.3, 0.4) is 0 Å². The molecule has 0 unspecified atom stereocenters. The second kappa shape index (κ2) is 7.74. The molecule has 0 radical (unpaired) electrons. The summed E-state index contributed by atoms with van der Waals surface area (Å²) in [4.78, 5) is 23.7. The third-order valence-electron chi connectivity index (χ3n) is 3.56. The van der Waals surface area contributed by atoms with Gasteiger partial charge in [-0.3, -0.25) is 14.3 Å². The van der Waals surface area contributed by atoms with Crippen LogP contribution in [0.4, 0.5) is 5.69 Å². The zero-order chi connectivity index (χ0) is 17.7. The predicted octanol–water partition coefficient (Wildman–Crippen LogP) is 0.984. The first-order valence-electron chi connectivity index (χ1n) is 7.73. The summed E-state index contributed by atoms with van der Waals surface area (Å²) >= 11 is 0. The number of hydrogen-bond acceptors (Lipinski definition) is 4. The van der Waals surface area contributed by atoms with Gasteiger partial charge in [0, 0.05) is 6.54 Å². The maximum absolute atomic E-state index is 12.0. The van der Waals surface area contributed by atoms with E-state index in [1.54, 1.807) is 11.6 Å². The molecule has 2 amide bonds. The number of aryl methyl sites for hydroxylation is 1. The molecular formula is C17H22N4O3. The molecule has 0 aliphatic rings. The van der Waals surface area contributed by atoms with Gasteiger partial charge in [0.25, 0.3) is 0 Å². The molecule has 0 aliphatic heterocycles. The molecule has 1 aromatic heterocycles. The highest BCUT2D eigenvalue weighted by molar-refractivity contribution is 6.39. The summed E-state index contributed by atoms with van der Waals surface area (Å²) in [5.41, 5.74) is 3.03. The van der Waals surface area contributed by atoms with Crippen LogP contribution in [-0.4, -0.2) is 39.4 Å². The molecular weight excluding hydrogens is 308 g/mol. The number of aliphatic hydroxyl groups is 1. The Morgan fingerprint density at radius 3 is 2.50 bits per heavy atom. The Hall–Kier alpha value is -2.67. The second-order valence-electron chi connectivity index (χ2n) is 5.70. The maximum atomic E-state index is 12.0. The van der Waals surface area contributed by atoms with Gasteiger partial charge in [-0.05, 0) is 26.3 Å². The number of hydrogen-bond donors (Lipinski definition) is 3. The van der Waals surface area contributed by atoms with Crippen molar-refractivity contribution in [1.82, 2.24) is 15.1 Å². The highest BCUT2D eigenvalue weighted by Gasteiger charge is 2.19. The molecule has 0 saturated heterocycles. The first-order chi connectivity index (χ1) is 11.4. The predicted molar refractivity (Wildman–Crippen MR) is 90.6 cm³/mol. The number of nitrogens with one attached hydrogen (secondary N) is 2. The van der Waals surface area contributed by atoms with Crippen LogP contribution in [0.1, 0.15) is 23.9 Å². The van der Waals surface area contributed by atoms with Crippen molar-refractivity contribution in [2.24, 2.45) is 0 Å². The van der Waals surface area contributed by atoms with Crippen LogP contribution in [0, 0.1) is 13.8 Å². The minimum Gasteiger partial charge on any atom is -0.392 e. The Kier molecular flexibility index (Phi) is 5.70. The van der Waals surface area contributed by atoms with Gasteiger partial charge in [-0.15, -0.1) is 0 Å². The summed E-state index contributed by atoms with van der Waals surface area (Å²) in [7, 11) is 0. The van der Waals surface area contributed by atoms with Crippen LogP contribution in [-0.2, 0) is 16.1 Å². The molecule has 7 heteroatoms. The molecule has 3 N–H and O–H groups in total. The fourth-order valence-corrected chi connectivity index (χ4v) is 2.28. The third kappa shape index (κ3) is 4.42. The summed E-state index contributed by atoms with van der Waals surface area (Å²) in [6.07, 6.45) is -0.709. The van der Waals surface area contributed by atoms with E-state index in [0.717, 1.165) is 11.3 Å². The number of carbonyl (C=O) groups is 2. The molecule has 0 aliphatic carbocycles. The molecule has 0 spiro atoms. The Morgan fingerprint density at radius 1 is 1.21 bits per heavy atom. The number of rotatable bonds is 5. The fourth-order valence-electron chi connectivity index (χ4n) is 2.28. The van der Waals surface area contributed by atoms with Crippen molar-refractivity contribution in [2.45, 2.75) is 33.4 Å². The summed E-state index contributed by atoms with van der Waals surface area (Å²) < 4.78 is 1.79. The zero-order valence-corrected chi connectivity index (χ0v) is 14.0. The lowest BCUT2D eigenvalue weighted by molar-refractivity contribution is -0.136. The molecule has 2 rings (SSSR count). The lowest BCUT2D eigenvalue weighted by Crippen LogP contribution is -2.39. The van der Waals surface area contributed by atoms with E-state index in [4.69, 9.17) is 5.11 Å². The molecule has 7 nitrogen and oxygen atoms in total. The highest BCUT2D eigenvalue weighted by Crippen LogP contribution is 2.20. The van der Waals surface area contributed by atoms with Gasteiger partial charge in [0.05, 0.1) is 29.7 Å². The van der Waals surface area contributed by atoms with Gasteiger partial charge in [0.2, 0.25) is 0 Å². The minimum atomic E-state index is -0.787. The van der Waals surface area contributed by atoms with Gasteiger partial charge in [0.15, 0.2) is 0 Å². The van der Waals surface area contributed by atoms with Crippen LogP contribution >= 0.6 is 0 Å². The van der Waals surface area contributed by atoms with Gasteiger partial charge < -0.3 is 15.7 Å². The number of benzene rings is 1. The number of carbonyl (C=O) groups excluding carboxylic acids is 2. The van der Waals surface area contributed by atoms with Crippen LogP contribution in [0.5, 0.6) is 0 Å². The number of nitrogens with zero attached hydrogens (tertiary/aromatic N) is 2. The van der Waals surface area contributed by atoms with E-state index in [-0.39, 0.29) is 6.54 Å². The molecule has 2 aromatic rings. The normalized spacial score (nSPS) is 11.8.